The Kier molecular flexibility index (Phi) is 3.66. The van der Waals surface area contributed by atoms with Crippen molar-refractivity contribution in [3.05, 3.63) is 65.6 Å². The van der Waals surface area contributed by atoms with Gasteiger partial charge in [0.1, 0.15) is 11.5 Å². The van der Waals surface area contributed by atoms with Crippen LogP contribution < -0.4 is 0 Å². The second-order valence-corrected chi connectivity index (χ2v) is 7.94. The number of benzene rings is 2. The molecule has 6 nitrogen and oxygen atoms in total. The lowest BCUT2D eigenvalue weighted by Gasteiger charge is -2.14. The first kappa shape index (κ1) is 15.9. The highest BCUT2D eigenvalue weighted by Crippen LogP contribution is 2.35. The van der Waals surface area contributed by atoms with Crippen LogP contribution in [0.3, 0.4) is 0 Å². The summed E-state index contributed by atoms with van der Waals surface area (Å²) in [6.07, 6.45) is 0. The van der Waals surface area contributed by atoms with Crippen LogP contribution in [-0.4, -0.2) is 34.8 Å². The van der Waals surface area contributed by atoms with Crippen molar-refractivity contribution in [1.82, 2.24) is 19.3 Å². The molecule has 4 rings (SSSR count). The lowest BCUT2D eigenvalue weighted by molar-refractivity contribution is 0.464. The average molecular weight is 358 g/mol. The smallest absolute Gasteiger partial charge is 0.240 e. The summed E-state index contributed by atoms with van der Waals surface area (Å²) < 4.78 is 42.1. The Balaban J connectivity index is 1.94. The molecule has 0 saturated heterocycles. The molecule has 25 heavy (non-hydrogen) atoms. The monoisotopic (exact) mass is 358 g/mol. The third kappa shape index (κ3) is 2.63. The normalized spacial score (nSPS) is 16.1. The van der Waals surface area contributed by atoms with Crippen LogP contribution in [0.2, 0.25) is 0 Å². The predicted octanol–water partition coefficient (Wildman–Crippen LogP) is 2.27. The van der Waals surface area contributed by atoms with E-state index in [0.29, 0.717) is 23.5 Å². The molecule has 0 aliphatic carbocycles. The van der Waals surface area contributed by atoms with Crippen molar-refractivity contribution in [2.24, 2.45) is 0 Å². The molecule has 1 aliphatic rings. The maximum atomic E-state index is 13.9. The van der Waals surface area contributed by atoms with E-state index in [9.17, 15) is 12.8 Å². The Bertz CT molecular complexity index is 1050. The number of hydrogen-bond acceptors (Lipinski definition) is 4. The number of fused-ring (bicyclic) bond motifs is 3. The molecule has 0 unspecified atom stereocenters. The van der Waals surface area contributed by atoms with Gasteiger partial charge in [-0.2, -0.15) is 4.31 Å². The van der Waals surface area contributed by atoms with Crippen LogP contribution in [0.1, 0.15) is 11.3 Å². The van der Waals surface area contributed by atoms with Gasteiger partial charge in [-0.1, -0.05) is 35.5 Å². The molecule has 0 bridgehead atoms. The van der Waals surface area contributed by atoms with E-state index < -0.39 is 15.8 Å². The topological polar surface area (TPSA) is 68.1 Å². The van der Waals surface area contributed by atoms with Crippen LogP contribution in [0.5, 0.6) is 0 Å². The molecule has 2 aromatic carbocycles. The van der Waals surface area contributed by atoms with Gasteiger partial charge in [-0.25, -0.2) is 17.5 Å². The Morgan fingerprint density at radius 1 is 1.16 bits per heavy atom. The number of hydrogen-bond donors (Lipinski definition) is 0. The van der Waals surface area contributed by atoms with E-state index in [-0.39, 0.29) is 11.4 Å². The van der Waals surface area contributed by atoms with Crippen molar-refractivity contribution >= 4 is 10.0 Å². The molecular weight excluding hydrogens is 343 g/mol. The SMILES string of the molecule is CN1Cc2nnn(Cc3ccccc3)c2-c2cc(F)ccc2S1(=O)=O. The van der Waals surface area contributed by atoms with E-state index in [0.717, 1.165) is 11.6 Å². The number of rotatable bonds is 2. The lowest BCUT2D eigenvalue weighted by Crippen LogP contribution is -2.25. The van der Waals surface area contributed by atoms with E-state index in [1.54, 1.807) is 4.68 Å². The Hall–Kier alpha value is -2.58. The van der Waals surface area contributed by atoms with Crippen molar-refractivity contribution < 1.29 is 12.8 Å². The van der Waals surface area contributed by atoms with Gasteiger partial charge in [0.25, 0.3) is 0 Å². The molecular formula is C17H15FN4O2S. The molecule has 0 fully saturated rings. The largest absolute Gasteiger partial charge is 0.243 e. The van der Waals surface area contributed by atoms with Crippen molar-refractivity contribution in [2.45, 2.75) is 18.0 Å². The minimum atomic E-state index is -3.72. The zero-order chi connectivity index (χ0) is 17.6. The summed E-state index contributed by atoms with van der Waals surface area (Å²) in [7, 11) is -2.24. The molecule has 0 saturated carbocycles. The fourth-order valence-electron chi connectivity index (χ4n) is 2.99. The molecule has 1 aliphatic heterocycles. The molecule has 0 amide bonds. The van der Waals surface area contributed by atoms with Crippen molar-refractivity contribution in [1.29, 1.82) is 0 Å². The maximum Gasteiger partial charge on any atom is 0.243 e. The molecule has 128 valence electrons. The van der Waals surface area contributed by atoms with Crippen LogP contribution in [-0.2, 0) is 23.1 Å². The Morgan fingerprint density at radius 2 is 1.92 bits per heavy atom. The van der Waals surface area contributed by atoms with Crippen LogP contribution in [0.25, 0.3) is 11.3 Å². The third-order valence-corrected chi connectivity index (χ3v) is 6.10. The molecule has 8 heteroatoms. The molecule has 0 atom stereocenters. The standard InChI is InChI=1S/C17H15FN4O2S/c1-21-11-15-17(14-9-13(18)7-8-16(14)25(21,23)24)22(20-19-15)10-12-5-3-2-4-6-12/h2-9H,10-11H2,1H3. The van der Waals surface area contributed by atoms with Gasteiger partial charge in [0.2, 0.25) is 10.0 Å². The zero-order valence-corrected chi connectivity index (χ0v) is 14.2. The summed E-state index contributed by atoms with van der Waals surface area (Å²) >= 11 is 0. The molecule has 0 radical (unpaired) electrons. The molecule has 2 heterocycles. The van der Waals surface area contributed by atoms with Gasteiger partial charge < -0.3 is 0 Å². The number of aromatic nitrogens is 3. The number of halogens is 1. The fraction of sp³-hybridized carbons (Fsp3) is 0.176. The Morgan fingerprint density at radius 3 is 2.68 bits per heavy atom. The predicted molar refractivity (Wildman–Crippen MR) is 89.6 cm³/mol. The summed E-state index contributed by atoms with van der Waals surface area (Å²) in [4.78, 5) is 0.0618. The fourth-order valence-corrected chi connectivity index (χ4v) is 4.29. The number of nitrogens with zero attached hydrogens (tertiary/aromatic N) is 4. The van der Waals surface area contributed by atoms with E-state index in [1.165, 1.54) is 23.5 Å². The first-order valence-corrected chi connectivity index (χ1v) is 9.13. The summed E-state index contributed by atoms with van der Waals surface area (Å²) in [5.74, 6) is -0.503. The van der Waals surface area contributed by atoms with Gasteiger partial charge >= 0.3 is 0 Å². The minimum absolute atomic E-state index is 0.0618. The summed E-state index contributed by atoms with van der Waals surface area (Å²) in [6, 6.07) is 13.3. The second kappa shape index (κ2) is 5.75. The number of sulfonamides is 1. The quantitative estimate of drug-likeness (QED) is 0.705. The maximum absolute atomic E-state index is 13.9. The molecule has 3 aromatic rings. The van der Waals surface area contributed by atoms with Gasteiger partial charge in [0, 0.05) is 12.6 Å². The van der Waals surface area contributed by atoms with E-state index in [2.05, 4.69) is 10.3 Å². The van der Waals surface area contributed by atoms with Gasteiger partial charge in [-0.3, -0.25) is 0 Å². The summed E-state index contributed by atoms with van der Waals surface area (Å²) in [6.45, 7) is 0.506. The van der Waals surface area contributed by atoms with Gasteiger partial charge in [-0.15, -0.1) is 5.10 Å². The summed E-state index contributed by atoms with van der Waals surface area (Å²) in [5, 5.41) is 8.31. The Labute approximate surface area is 144 Å². The highest BCUT2D eigenvalue weighted by atomic mass is 32.2. The second-order valence-electron chi connectivity index (χ2n) is 5.93. The highest BCUT2D eigenvalue weighted by molar-refractivity contribution is 7.89. The molecule has 0 N–H and O–H groups in total. The van der Waals surface area contributed by atoms with Crippen molar-refractivity contribution in [3.63, 3.8) is 0 Å². The molecule has 0 spiro atoms. The van der Waals surface area contributed by atoms with Crippen LogP contribution in [0.15, 0.2) is 53.4 Å². The van der Waals surface area contributed by atoms with Gasteiger partial charge in [0.05, 0.1) is 23.7 Å². The van der Waals surface area contributed by atoms with Crippen LogP contribution in [0, 0.1) is 5.82 Å². The third-order valence-electron chi connectivity index (χ3n) is 4.24. The lowest BCUT2D eigenvalue weighted by atomic mass is 10.1. The first-order valence-electron chi connectivity index (χ1n) is 7.69. The van der Waals surface area contributed by atoms with E-state index in [1.807, 2.05) is 30.3 Å². The zero-order valence-electron chi connectivity index (χ0n) is 13.4. The van der Waals surface area contributed by atoms with Crippen molar-refractivity contribution in [3.8, 4) is 11.3 Å². The van der Waals surface area contributed by atoms with Gasteiger partial charge in [0.15, 0.2) is 0 Å². The highest BCUT2D eigenvalue weighted by Gasteiger charge is 2.33. The first-order chi connectivity index (χ1) is 12.0. The van der Waals surface area contributed by atoms with Crippen LogP contribution >= 0.6 is 0 Å². The van der Waals surface area contributed by atoms with E-state index in [4.69, 9.17) is 0 Å². The van der Waals surface area contributed by atoms with Crippen molar-refractivity contribution in [2.75, 3.05) is 7.05 Å². The van der Waals surface area contributed by atoms with Crippen LogP contribution in [0.4, 0.5) is 4.39 Å². The molecule has 1 aromatic heterocycles. The van der Waals surface area contributed by atoms with E-state index >= 15 is 0 Å². The summed E-state index contributed by atoms with van der Waals surface area (Å²) in [5.41, 5.74) is 2.33. The average Bonchev–Trinajstić information content (AvgIpc) is 2.94. The van der Waals surface area contributed by atoms with Gasteiger partial charge in [-0.05, 0) is 23.8 Å². The minimum Gasteiger partial charge on any atom is -0.240 e.